The summed E-state index contributed by atoms with van der Waals surface area (Å²) in [6.45, 7) is 13.7. The average Bonchev–Trinajstić information content (AvgIpc) is 3.10. The minimum atomic E-state index is -0.427. The van der Waals surface area contributed by atoms with E-state index in [-0.39, 0.29) is 11.5 Å². The molecule has 7 nitrogen and oxygen atoms in total. The van der Waals surface area contributed by atoms with Crippen LogP contribution in [0.1, 0.15) is 95.5 Å². The molecule has 1 aromatic rings. The summed E-state index contributed by atoms with van der Waals surface area (Å²) in [7, 11) is 0. The van der Waals surface area contributed by atoms with Crippen LogP contribution in [0.5, 0.6) is 0 Å². The van der Waals surface area contributed by atoms with E-state index in [9.17, 15) is 4.79 Å². The number of hydrogen-bond acceptors (Lipinski definition) is 5. The van der Waals surface area contributed by atoms with Gasteiger partial charge in [0, 0.05) is 49.2 Å². The third kappa shape index (κ3) is 4.30. The Labute approximate surface area is 210 Å². The van der Waals surface area contributed by atoms with E-state index in [1.807, 2.05) is 25.7 Å². The molecule has 2 atom stereocenters. The predicted octanol–water partition coefficient (Wildman–Crippen LogP) is 4.90. The number of amides is 1. The number of ether oxygens (including phenoxy) is 2. The van der Waals surface area contributed by atoms with Crippen LogP contribution in [0.2, 0.25) is 0 Å². The third-order valence-corrected chi connectivity index (χ3v) is 9.77. The second-order valence-corrected chi connectivity index (χ2v) is 13.4. The number of aromatic nitrogens is 2. The molecule has 5 fully saturated rings. The second kappa shape index (κ2) is 8.47. The molecule has 5 aliphatic rings. The number of morpholine rings is 1. The standard InChI is InChI=1S/C28H44N4O3/c1-20-14-24(23-7-6-21(17-28(23)8-5-9-28)30-10-12-34-13-11-30)29-32(20)22-15-27(16-22)18-31(19-27)25(33)35-26(2,3)4/h14,21-23H,5-13,15-19H2,1-4H3. The molecule has 0 aromatic carbocycles. The molecule has 3 saturated carbocycles. The van der Waals surface area contributed by atoms with Gasteiger partial charge in [-0.15, -0.1) is 0 Å². The SMILES string of the molecule is Cc1cc(C2CCC(N3CCOCC3)CC23CCC3)nn1C1CC2(C1)CN(C(=O)OC(C)(C)C)C2. The number of rotatable bonds is 3. The summed E-state index contributed by atoms with van der Waals surface area (Å²) in [6.07, 6.45) is 10.1. The molecule has 35 heavy (non-hydrogen) atoms. The molecule has 2 aliphatic heterocycles. The van der Waals surface area contributed by atoms with E-state index < -0.39 is 5.60 Å². The Morgan fingerprint density at radius 1 is 1.09 bits per heavy atom. The molecule has 3 aliphatic carbocycles. The number of hydrogen-bond donors (Lipinski definition) is 0. The molecule has 2 saturated heterocycles. The zero-order valence-corrected chi connectivity index (χ0v) is 22.2. The summed E-state index contributed by atoms with van der Waals surface area (Å²) in [5.41, 5.74) is 2.99. The van der Waals surface area contributed by atoms with Crippen LogP contribution in [-0.2, 0) is 9.47 Å². The molecule has 7 heteroatoms. The first-order chi connectivity index (χ1) is 16.7. The minimum Gasteiger partial charge on any atom is -0.444 e. The van der Waals surface area contributed by atoms with Crippen LogP contribution >= 0.6 is 0 Å². The van der Waals surface area contributed by atoms with E-state index >= 15 is 0 Å². The highest BCUT2D eigenvalue weighted by Gasteiger charge is 2.56. The van der Waals surface area contributed by atoms with Gasteiger partial charge in [-0.25, -0.2) is 4.79 Å². The van der Waals surface area contributed by atoms with Gasteiger partial charge >= 0.3 is 6.09 Å². The van der Waals surface area contributed by atoms with Crippen LogP contribution in [0.4, 0.5) is 4.79 Å². The van der Waals surface area contributed by atoms with Crippen molar-refractivity contribution >= 4 is 6.09 Å². The van der Waals surface area contributed by atoms with Gasteiger partial charge in [-0.1, -0.05) is 6.42 Å². The molecular formula is C28H44N4O3. The maximum Gasteiger partial charge on any atom is 0.410 e. The van der Waals surface area contributed by atoms with Crippen molar-refractivity contribution in [2.45, 2.75) is 103 Å². The topological polar surface area (TPSA) is 59.8 Å². The molecule has 2 unspecified atom stereocenters. The van der Waals surface area contributed by atoms with Gasteiger partial charge in [0.25, 0.3) is 0 Å². The molecule has 1 amide bonds. The zero-order valence-electron chi connectivity index (χ0n) is 22.2. The smallest absolute Gasteiger partial charge is 0.410 e. The van der Waals surface area contributed by atoms with Gasteiger partial charge < -0.3 is 14.4 Å². The molecule has 0 radical (unpaired) electrons. The lowest BCUT2D eigenvalue weighted by atomic mass is 9.53. The Balaban J connectivity index is 1.08. The van der Waals surface area contributed by atoms with Crippen molar-refractivity contribution in [3.05, 3.63) is 17.5 Å². The van der Waals surface area contributed by atoms with Gasteiger partial charge in [0.15, 0.2) is 0 Å². The van der Waals surface area contributed by atoms with E-state index in [0.29, 0.717) is 17.4 Å². The van der Waals surface area contributed by atoms with Gasteiger partial charge in [0.05, 0.1) is 24.9 Å². The van der Waals surface area contributed by atoms with Crippen LogP contribution < -0.4 is 0 Å². The van der Waals surface area contributed by atoms with E-state index in [1.54, 1.807) is 0 Å². The summed E-state index contributed by atoms with van der Waals surface area (Å²) in [4.78, 5) is 16.9. The first-order valence-electron chi connectivity index (χ1n) is 14.0. The van der Waals surface area contributed by atoms with Crippen molar-refractivity contribution in [1.82, 2.24) is 19.6 Å². The fourth-order valence-electron chi connectivity index (χ4n) is 7.92. The number of aryl methyl sites for hydroxylation is 1. The molecular weight excluding hydrogens is 440 g/mol. The van der Waals surface area contributed by atoms with Gasteiger partial charge in [-0.3, -0.25) is 9.58 Å². The normalized spacial score (nSPS) is 30.6. The lowest BCUT2D eigenvalue weighted by molar-refractivity contribution is -0.0933. The van der Waals surface area contributed by atoms with Crippen molar-refractivity contribution in [2.24, 2.45) is 10.8 Å². The fraction of sp³-hybridized carbons (Fsp3) is 0.857. The van der Waals surface area contributed by atoms with E-state index in [2.05, 4.69) is 22.6 Å². The van der Waals surface area contributed by atoms with Crippen molar-refractivity contribution in [1.29, 1.82) is 0 Å². The molecule has 0 N–H and O–H groups in total. The van der Waals surface area contributed by atoms with Crippen molar-refractivity contribution < 1.29 is 14.3 Å². The Hall–Kier alpha value is -1.60. The summed E-state index contributed by atoms with van der Waals surface area (Å²) in [6, 6.07) is 3.61. The predicted molar refractivity (Wildman–Crippen MR) is 135 cm³/mol. The quantitative estimate of drug-likeness (QED) is 0.611. The van der Waals surface area contributed by atoms with Gasteiger partial charge in [-0.2, -0.15) is 5.10 Å². The largest absolute Gasteiger partial charge is 0.444 e. The maximum absolute atomic E-state index is 12.3. The Morgan fingerprint density at radius 2 is 1.80 bits per heavy atom. The molecule has 2 spiro atoms. The highest BCUT2D eigenvalue weighted by Crippen LogP contribution is 2.60. The van der Waals surface area contributed by atoms with E-state index in [1.165, 1.54) is 49.9 Å². The lowest BCUT2D eigenvalue weighted by Gasteiger charge is -2.58. The van der Waals surface area contributed by atoms with Crippen molar-refractivity contribution in [3.8, 4) is 0 Å². The molecule has 0 bridgehead atoms. The lowest BCUT2D eigenvalue weighted by Crippen LogP contribution is -2.64. The minimum absolute atomic E-state index is 0.164. The number of likely N-dealkylation sites (tertiary alicyclic amines) is 1. The van der Waals surface area contributed by atoms with E-state index in [4.69, 9.17) is 14.6 Å². The summed E-state index contributed by atoms with van der Waals surface area (Å²) in [5.74, 6) is 0.619. The summed E-state index contributed by atoms with van der Waals surface area (Å²) < 4.78 is 13.5. The molecule has 3 heterocycles. The molecule has 1 aromatic heterocycles. The monoisotopic (exact) mass is 484 g/mol. The molecule has 194 valence electrons. The van der Waals surface area contributed by atoms with E-state index in [0.717, 1.165) is 58.3 Å². The highest BCUT2D eigenvalue weighted by molar-refractivity contribution is 5.69. The van der Waals surface area contributed by atoms with Crippen LogP contribution in [0.25, 0.3) is 0 Å². The van der Waals surface area contributed by atoms with Gasteiger partial charge in [0.2, 0.25) is 0 Å². The third-order valence-electron chi connectivity index (χ3n) is 9.77. The Morgan fingerprint density at radius 3 is 2.43 bits per heavy atom. The first-order valence-corrected chi connectivity index (χ1v) is 14.0. The fourth-order valence-corrected chi connectivity index (χ4v) is 7.92. The van der Waals surface area contributed by atoms with Gasteiger partial charge in [-0.05, 0) is 84.1 Å². The summed E-state index contributed by atoms with van der Waals surface area (Å²) in [5, 5.41) is 5.27. The van der Waals surface area contributed by atoms with Crippen LogP contribution in [-0.4, -0.2) is 76.7 Å². The molecule has 6 rings (SSSR count). The maximum atomic E-state index is 12.3. The number of carbonyl (C=O) groups is 1. The zero-order chi connectivity index (χ0) is 24.4. The average molecular weight is 485 g/mol. The van der Waals surface area contributed by atoms with Gasteiger partial charge in [0.1, 0.15) is 5.60 Å². The van der Waals surface area contributed by atoms with Crippen molar-refractivity contribution in [3.63, 3.8) is 0 Å². The Bertz CT molecular complexity index is 942. The number of carbonyl (C=O) groups excluding carboxylic acids is 1. The van der Waals surface area contributed by atoms with Crippen molar-refractivity contribution in [2.75, 3.05) is 39.4 Å². The van der Waals surface area contributed by atoms with Crippen LogP contribution in [0.15, 0.2) is 6.07 Å². The highest BCUT2D eigenvalue weighted by atomic mass is 16.6. The number of nitrogens with zero attached hydrogens (tertiary/aromatic N) is 4. The first kappa shape index (κ1) is 23.8. The second-order valence-electron chi connectivity index (χ2n) is 13.4. The van der Waals surface area contributed by atoms with Crippen LogP contribution in [0.3, 0.4) is 0 Å². The van der Waals surface area contributed by atoms with Crippen LogP contribution in [0, 0.1) is 17.8 Å². The summed E-state index contributed by atoms with van der Waals surface area (Å²) >= 11 is 0. The Kier molecular flexibility index (Phi) is 5.76.